The SMILES string of the molecule is BC(B)(N)CCC[C@](B)(NC(=O)[C@](B)(Cc1ccccc1)NC(=O)[C@@H](CCCNC(=N)N)NC(=O)[C@@H](N)Cc1ccccc1)C(N)=O. The summed E-state index contributed by atoms with van der Waals surface area (Å²) in [6.45, 7) is 0.281. The summed E-state index contributed by atoms with van der Waals surface area (Å²) in [7, 11) is 6.87. The van der Waals surface area contributed by atoms with Crippen molar-refractivity contribution in [2.45, 2.75) is 73.2 Å². The molecule has 0 saturated carbocycles. The molecule has 0 saturated heterocycles. The number of rotatable bonds is 19. The zero-order valence-electron chi connectivity index (χ0n) is 28.0. The third kappa shape index (κ3) is 13.6. The number of hydrogen-bond donors (Lipinski definition) is 9. The lowest BCUT2D eigenvalue weighted by atomic mass is 9.59. The van der Waals surface area contributed by atoms with Gasteiger partial charge < -0.3 is 44.2 Å². The van der Waals surface area contributed by atoms with Crippen molar-refractivity contribution in [2.24, 2.45) is 22.9 Å². The van der Waals surface area contributed by atoms with Crippen molar-refractivity contribution < 1.29 is 19.2 Å². The molecule has 2 rings (SSSR count). The monoisotopic (exact) mass is 643 g/mol. The van der Waals surface area contributed by atoms with Crippen LogP contribution in [-0.2, 0) is 32.0 Å². The molecule has 4 atom stereocenters. The standard InChI is InChI=1S/C30H49B4N9O4/c31-28(25(36)46,14-8-15-30(33,34)39)43-26(47)29(32,18-20-11-5-2-6-12-20)42-24(45)22(13-7-16-40-27(37)38)41-23(44)21(35)17-19-9-3-1-4-10-19/h1-6,9-12,21-22H,7-8,13-18,31-35,39H2,(H2,36,46)(H,41,44)(H,42,45)(H,43,47)(H4,37,38,40)/t21-,22+,28-,29-/m0/s1. The summed E-state index contributed by atoms with van der Waals surface area (Å²) in [5.74, 6) is -2.71. The molecule has 13 nitrogen and oxygen atoms in total. The van der Waals surface area contributed by atoms with E-state index in [-0.39, 0.29) is 38.2 Å². The number of carbonyl (C=O) groups is 4. The van der Waals surface area contributed by atoms with E-state index in [1.165, 1.54) is 0 Å². The highest BCUT2D eigenvalue weighted by molar-refractivity contribution is 6.39. The van der Waals surface area contributed by atoms with Gasteiger partial charge in [-0.15, -0.1) is 0 Å². The number of hydrogen-bond acceptors (Lipinski definition) is 7. The minimum Gasteiger partial charge on any atom is -0.370 e. The quantitative estimate of drug-likeness (QED) is 0.0310. The van der Waals surface area contributed by atoms with E-state index in [4.69, 9.17) is 28.3 Å². The van der Waals surface area contributed by atoms with Crippen molar-refractivity contribution in [3.63, 3.8) is 0 Å². The summed E-state index contributed by atoms with van der Waals surface area (Å²) in [6, 6.07) is 16.4. The van der Waals surface area contributed by atoms with E-state index in [9.17, 15) is 19.2 Å². The highest BCUT2D eigenvalue weighted by atomic mass is 16.2. The lowest BCUT2D eigenvalue weighted by Crippen LogP contribution is -2.69. The van der Waals surface area contributed by atoms with Crippen molar-refractivity contribution >= 4 is 61.0 Å². The molecular weight excluding hydrogens is 594 g/mol. The summed E-state index contributed by atoms with van der Waals surface area (Å²) in [5.41, 5.74) is 22.2. The van der Waals surface area contributed by atoms with E-state index in [1.807, 2.05) is 76.4 Å². The first-order chi connectivity index (χ1) is 21.9. The number of guanidine groups is 1. The Kier molecular flexibility index (Phi) is 14.6. The third-order valence-corrected chi connectivity index (χ3v) is 7.99. The maximum absolute atomic E-state index is 14.1. The number of nitrogens with two attached hydrogens (primary N) is 4. The molecule has 0 aliphatic heterocycles. The number of benzene rings is 2. The van der Waals surface area contributed by atoms with Gasteiger partial charge in [-0.05, 0) is 48.6 Å². The first-order valence-corrected chi connectivity index (χ1v) is 15.9. The number of nitrogens with one attached hydrogen (secondary N) is 5. The van der Waals surface area contributed by atoms with Gasteiger partial charge in [0, 0.05) is 6.54 Å². The van der Waals surface area contributed by atoms with Crippen molar-refractivity contribution in [1.82, 2.24) is 21.3 Å². The van der Waals surface area contributed by atoms with Crippen LogP contribution in [0.2, 0.25) is 0 Å². The second-order valence-corrected chi connectivity index (χ2v) is 13.3. The van der Waals surface area contributed by atoms with Crippen molar-refractivity contribution in [3.05, 3.63) is 71.8 Å². The maximum atomic E-state index is 14.1. The summed E-state index contributed by atoms with van der Waals surface area (Å²) in [4.78, 5) is 53.8. The Bertz CT molecular complexity index is 1370. The van der Waals surface area contributed by atoms with Crippen LogP contribution in [-0.4, -0.2) is 95.8 Å². The summed E-state index contributed by atoms with van der Waals surface area (Å²) < 4.78 is 0. The fraction of sp³-hybridized carbons (Fsp3) is 0.433. The molecule has 0 spiro atoms. The van der Waals surface area contributed by atoms with Crippen LogP contribution in [0.3, 0.4) is 0 Å². The highest BCUT2D eigenvalue weighted by Crippen LogP contribution is 2.18. The number of amides is 4. The Morgan fingerprint density at radius 3 is 1.89 bits per heavy atom. The molecule has 250 valence electrons. The average molecular weight is 643 g/mol. The smallest absolute Gasteiger partial charge is 0.242 e. The fourth-order valence-corrected chi connectivity index (χ4v) is 5.12. The Morgan fingerprint density at radius 1 is 0.787 bits per heavy atom. The topological polar surface area (TPSA) is 244 Å². The van der Waals surface area contributed by atoms with Crippen LogP contribution in [0.15, 0.2) is 60.7 Å². The van der Waals surface area contributed by atoms with Gasteiger partial charge in [0.05, 0.1) is 16.9 Å². The zero-order chi connectivity index (χ0) is 35.3. The third-order valence-electron chi connectivity index (χ3n) is 7.99. The summed E-state index contributed by atoms with van der Waals surface area (Å²) in [5, 5.41) is 18.0. The lowest BCUT2D eigenvalue weighted by molar-refractivity contribution is -0.135. The molecule has 4 amide bonds. The number of primary amides is 1. The Labute approximate surface area is 281 Å². The molecule has 13 N–H and O–H groups in total. The minimum atomic E-state index is -1.56. The first-order valence-electron chi connectivity index (χ1n) is 15.9. The number of carbonyl (C=O) groups excluding carboxylic acids is 4. The Balaban J connectivity index is 2.34. The van der Waals surface area contributed by atoms with Gasteiger partial charge in [-0.3, -0.25) is 24.6 Å². The van der Waals surface area contributed by atoms with E-state index >= 15 is 0 Å². The van der Waals surface area contributed by atoms with Crippen LogP contribution in [0, 0.1) is 5.41 Å². The van der Waals surface area contributed by atoms with Gasteiger partial charge in [-0.2, -0.15) is 0 Å². The van der Waals surface area contributed by atoms with Crippen molar-refractivity contribution in [3.8, 4) is 0 Å². The van der Waals surface area contributed by atoms with Gasteiger partial charge in [0.15, 0.2) is 5.96 Å². The van der Waals surface area contributed by atoms with E-state index in [1.54, 1.807) is 15.7 Å². The van der Waals surface area contributed by atoms with E-state index in [2.05, 4.69) is 21.3 Å². The second-order valence-electron chi connectivity index (χ2n) is 13.3. The van der Waals surface area contributed by atoms with Crippen LogP contribution in [0.1, 0.15) is 43.2 Å². The van der Waals surface area contributed by atoms with Crippen LogP contribution in [0.5, 0.6) is 0 Å². The van der Waals surface area contributed by atoms with Crippen molar-refractivity contribution in [1.29, 1.82) is 5.41 Å². The zero-order valence-corrected chi connectivity index (χ0v) is 28.0. The van der Waals surface area contributed by atoms with E-state index in [0.717, 1.165) is 11.1 Å². The largest absolute Gasteiger partial charge is 0.370 e. The van der Waals surface area contributed by atoms with Gasteiger partial charge in [-0.1, -0.05) is 73.5 Å². The lowest BCUT2D eigenvalue weighted by Gasteiger charge is -2.37. The fourth-order valence-electron chi connectivity index (χ4n) is 5.12. The molecule has 0 aromatic heterocycles. The van der Waals surface area contributed by atoms with Crippen LogP contribution >= 0.6 is 0 Å². The van der Waals surface area contributed by atoms with Crippen LogP contribution < -0.4 is 44.2 Å². The van der Waals surface area contributed by atoms with Crippen molar-refractivity contribution in [2.75, 3.05) is 6.54 Å². The van der Waals surface area contributed by atoms with Gasteiger partial charge in [0.1, 0.15) is 37.4 Å². The highest BCUT2D eigenvalue weighted by Gasteiger charge is 2.42. The molecule has 0 unspecified atom stereocenters. The molecule has 2 aromatic rings. The molecule has 17 heteroatoms. The van der Waals surface area contributed by atoms with E-state index in [0.29, 0.717) is 19.3 Å². The Hall–Kier alpha value is -4.23. The molecule has 0 radical (unpaired) electrons. The first kappa shape index (κ1) is 39.0. The van der Waals surface area contributed by atoms with Crippen LogP contribution in [0.4, 0.5) is 0 Å². The molecule has 0 heterocycles. The summed E-state index contributed by atoms with van der Waals surface area (Å²) in [6.07, 6.45) is 2.22. The molecule has 0 fully saturated rings. The van der Waals surface area contributed by atoms with E-state index < -0.39 is 51.9 Å². The molecule has 47 heavy (non-hydrogen) atoms. The summed E-state index contributed by atoms with van der Waals surface area (Å²) >= 11 is 0. The predicted octanol–water partition coefficient (Wildman–Crippen LogP) is -5.03. The average Bonchev–Trinajstić information content (AvgIpc) is 2.98. The van der Waals surface area contributed by atoms with Crippen LogP contribution in [0.25, 0.3) is 0 Å². The Morgan fingerprint density at radius 2 is 1.36 bits per heavy atom. The normalized spacial score (nSPS) is 15.1. The van der Waals surface area contributed by atoms with Gasteiger partial charge in [-0.25, -0.2) is 0 Å². The maximum Gasteiger partial charge on any atom is 0.242 e. The molecule has 0 aliphatic carbocycles. The van der Waals surface area contributed by atoms with Gasteiger partial charge in [0.2, 0.25) is 23.6 Å². The minimum absolute atomic E-state index is 0.0795. The second kappa shape index (κ2) is 17.6. The predicted molar refractivity (Wildman–Crippen MR) is 195 cm³/mol. The molecule has 0 aliphatic rings. The van der Waals surface area contributed by atoms with Gasteiger partial charge >= 0.3 is 0 Å². The molecule has 0 bridgehead atoms. The van der Waals surface area contributed by atoms with Gasteiger partial charge in [0.25, 0.3) is 0 Å². The molecule has 2 aromatic carbocycles. The molecular formula is C30H49B4N9O4.